The maximum atomic E-state index is 9.22. The van der Waals surface area contributed by atoms with Crippen LogP contribution in [0.25, 0.3) is 11.0 Å². The van der Waals surface area contributed by atoms with E-state index in [0.29, 0.717) is 25.3 Å². The molecule has 0 saturated carbocycles. The Morgan fingerprint density at radius 2 is 1.89 bits per heavy atom. The van der Waals surface area contributed by atoms with E-state index >= 15 is 0 Å². The fourth-order valence-corrected chi connectivity index (χ4v) is 1.79. The smallest absolute Gasteiger partial charge is 0.235 e. The van der Waals surface area contributed by atoms with Crippen LogP contribution in [-0.4, -0.2) is 39.5 Å². The number of aliphatic hydroxyl groups excluding tert-OH is 2. The third-order valence-corrected chi connectivity index (χ3v) is 2.83. The van der Waals surface area contributed by atoms with Gasteiger partial charge in [-0.15, -0.1) is 0 Å². The van der Waals surface area contributed by atoms with Crippen molar-refractivity contribution in [3.05, 3.63) is 30.0 Å². The highest BCUT2D eigenvalue weighted by Gasteiger charge is 2.07. The number of hydrogen-bond acceptors (Lipinski definition) is 5. The zero-order valence-corrected chi connectivity index (χ0v) is 10.9. The van der Waals surface area contributed by atoms with E-state index in [2.05, 4.69) is 9.97 Å². The topological polar surface area (TPSA) is 75.5 Å². The van der Waals surface area contributed by atoms with E-state index in [1.54, 1.807) is 0 Å². The number of fused-ring (bicyclic) bond motifs is 1. The van der Waals surface area contributed by atoms with Gasteiger partial charge in [-0.1, -0.05) is 12.1 Å². The Kier molecular flexibility index (Phi) is 4.65. The van der Waals surface area contributed by atoms with E-state index < -0.39 is 6.10 Å². The second kappa shape index (κ2) is 6.45. The molecule has 1 aromatic carbocycles. The van der Waals surface area contributed by atoms with Crippen LogP contribution in [0.1, 0.15) is 18.5 Å². The average Bonchev–Trinajstić information content (AvgIpc) is 2.43. The lowest BCUT2D eigenvalue weighted by molar-refractivity contribution is 0.0825. The van der Waals surface area contributed by atoms with Crippen LogP contribution in [-0.2, 0) is 0 Å². The Morgan fingerprint density at radius 1 is 1.21 bits per heavy atom. The molecule has 0 spiro atoms. The lowest BCUT2D eigenvalue weighted by Gasteiger charge is -2.10. The number of benzene rings is 1. The molecule has 1 atom stereocenters. The number of nitrogens with zero attached hydrogens (tertiary/aromatic N) is 2. The van der Waals surface area contributed by atoms with E-state index in [1.165, 1.54) is 0 Å². The summed E-state index contributed by atoms with van der Waals surface area (Å²) in [6.07, 6.45) is 0.499. The highest BCUT2D eigenvalue weighted by Crippen LogP contribution is 2.18. The fourth-order valence-electron chi connectivity index (χ4n) is 1.79. The summed E-state index contributed by atoms with van der Waals surface area (Å²) >= 11 is 0. The molecule has 19 heavy (non-hydrogen) atoms. The summed E-state index contributed by atoms with van der Waals surface area (Å²) < 4.78 is 5.57. The third kappa shape index (κ3) is 3.62. The van der Waals surface area contributed by atoms with Gasteiger partial charge in [0.25, 0.3) is 0 Å². The quantitative estimate of drug-likeness (QED) is 0.771. The molecular weight excluding hydrogens is 244 g/mol. The highest BCUT2D eigenvalue weighted by atomic mass is 16.5. The summed E-state index contributed by atoms with van der Waals surface area (Å²) in [6, 6.07) is 7.64. The maximum Gasteiger partial charge on any atom is 0.235 e. The third-order valence-electron chi connectivity index (χ3n) is 2.83. The first kappa shape index (κ1) is 13.7. The zero-order chi connectivity index (χ0) is 13.7. The summed E-state index contributed by atoms with van der Waals surface area (Å²) in [6.45, 7) is 2.09. The van der Waals surface area contributed by atoms with Crippen LogP contribution in [0.3, 0.4) is 0 Å². The maximum absolute atomic E-state index is 9.22. The molecule has 0 bridgehead atoms. The highest BCUT2D eigenvalue weighted by molar-refractivity contribution is 5.74. The van der Waals surface area contributed by atoms with Gasteiger partial charge >= 0.3 is 0 Å². The predicted octanol–water partition coefficient (Wildman–Crippen LogP) is 1.45. The van der Waals surface area contributed by atoms with Gasteiger partial charge in [0.1, 0.15) is 5.69 Å². The second-order valence-electron chi connectivity index (χ2n) is 4.43. The van der Waals surface area contributed by atoms with E-state index in [1.807, 2.05) is 31.2 Å². The molecule has 0 aliphatic rings. The molecule has 102 valence electrons. The Morgan fingerprint density at radius 3 is 2.58 bits per heavy atom. The van der Waals surface area contributed by atoms with Gasteiger partial charge in [0.15, 0.2) is 0 Å². The summed E-state index contributed by atoms with van der Waals surface area (Å²) in [5, 5.41) is 17.9. The molecular formula is C14H18N2O3. The second-order valence-corrected chi connectivity index (χ2v) is 4.43. The number of para-hydroxylation sites is 2. The van der Waals surface area contributed by atoms with E-state index in [0.717, 1.165) is 16.7 Å². The first-order valence-corrected chi connectivity index (χ1v) is 6.36. The molecule has 5 nitrogen and oxygen atoms in total. The molecule has 0 aliphatic heterocycles. The number of rotatable bonds is 6. The van der Waals surface area contributed by atoms with E-state index in [-0.39, 0.29) is 6.61 Å². The van der Waals surface area contributed by atoms with Crippen LogP contribution in [0.2, 0.25) is 0 Å². The van der Waals surface area contributed by atoms with E-state index in [9.17, 15) is 5.11 Å². The lowest BCUT2D eigenvalue weighted by atomic mass is 10.2. The monoisotopic (exact) mass is 262 g/mol. The predicted molar refractivity (Wildman–Crippen MR) is 72.1 cm³/mol. The molecule has 1 unspecified atom stereocenters. The minimum absolute atomic E-state index is 0.213. The average molecular weight is 262 g/mol. The van der Waals surface area contributed by atoms with Gasteiger partial charge in [-0.05, 0) is 31.9 Å². The molecule has 0 radical (unpaired) electrons. The van der Waals surface area contributed by atoms with Gasteiger partial charge in [-0.25, -0.2) is 9.97 Å². The normalized spacial score (nSPS) is 12.6. The molecule has 2 rings (SSSR count). The van der Waals surface area contributed by atoms with Gasteiger partial charge < -0.3 is 14.9 Å². The van der Waals surface area contributed by atoms with Crippen LogP contribution in [0.4, 0.5) is 0 Å². The number of aryl methyl sites for hydroxylation is 1. The molecule has 2 N–H and O–H groups in total. The number of hydrogen-bond donors (Lipinski definition) is 2. The standard InChI is InChI=1S/C14H18N2O3/c1-10-14(19-8-4-5-11(18)9-17)16-13-7-3-2-6-12(13)15-10/h2-3,6-7,11,17-18H,4-5,8-9H2,1H3. The Hall–Kier alpha value is -1.72. The Labute approximate surface area is 111 Å². The van der Waals surface area contributed by atoms with Gasteiger partial charge in [0.2, 0.25) is 5.88 Å². The van der Waals surface area contributed by atoms with Crippen LogP contribution in [0, 0.1) is 6.92 Å². The summed E-state index contributed by atoms with van der Waals surface area (Å²) in [7, 11) is 0. The molecule has 0 aliphatic carbocycles. The van der Waals surface area contributed by atoms with Crippen LogP contribution in [0.5, 0.6) is 5.88 Å². The van der Waals surface area contributed by atoms with Crippen molar-refractivity contribution in [3.8, 4) is 5.88 Å². The number of aliphatic hydroxyl groups is 2. The van der Waals surface area contributed by atoms with Crippen molar-refractivity contribution in [2.75, 3.05) is 13.2 Å². The number of aromatic nitrogens is 2. The minimum atomic E-state index is -0.674. The molecule has 5 heteroatoms. The van der Waals surface area contributed by atoms with Gasteiger partial charge in [-0.3, -0.25) is 0 Å². The molecule has 2 aromatic rings. The van der Waals surface area contributed by atoms with Crippen molar-refractivity contribution < 1.29 is 14.9 Å². The first-order valence-electron chi connectivity index (χ1n) is 6.36. The van der Waals surface area contributed by atoms with Gasteiger partial charge in [0.05, 0.1) is 30.4 Å². The lowest BCUT2D eigenvalue weighted by Crippen LogP contribution is -2.13. The fraction of sp³-hybridized carbons (Fsp3) is 0.429. The largest absolute Gasteiger partial charge is 0.476 e. The first-order chi connectivity index (χ1) is 9.20. The molecule has 0 saturated heterocycles. The zero-order valence-electron chi connectivity index (χ0n) is 10.9. The summed E-state index contributed by atoms with van der Waals surface area (Å²) in [5.74, 6) is 0.525. The van der Waals surface area contributed by atoms with Crippen molar-refractivity contribution in [1.82, 2.24) is 9.97 Å². The molecule has 1 heterocycles. The van der Waals surface area contributed by atoms with Crippen molar-refractivity contribution in [2.24, 2.45) is 0 Å². The van der Waals surface area contributed by atoms with Crippen LogP contribution < -0.4 is 4.74 Å². The van der Waals surface area contributed by atoms with Gasteiger partial charge in [0, 0.05) is 0 Å². The summed E-state index contributed by atoms with van der Waals surface area (Å²) in [5.41, 5.74) is 2.41. The molecule has 1 aromatic heterocycles. The van der Waals surface area contributed by atoms with Crippen molar-refractivity contribution >= 4 is 11.0 Å². The van der Waals surface area contributed by atoms with Crippen molar-refractivity contribution in [3.63, 3.8) is 0 Å². The van der Waals surface area contributed by atoms with Crippen LogP contribution >= 0.6 is 0 Å². The van der Waals surface area contributed by atoms with Gasteiger partial charge in [-0.2, -0.15) is 0 Å². The Balaban J connectivity index is 1.98. The van der Waals surface area contributed by atoms with E-state index in [4.69, 9.17) is 9.84 Å². The minimum Gasteiger partial charge on any atom is -0.476 e. The van der Waals surface area contributed by atoms with Crippen molar-refractivity contribution in [2.45, 2.75) is 25.9 Å². The summed E-state index contributed by atoms with van der Waals surface area (Å²) in [4.78, 5) is 8.84. The number of ether oxygens (including phenoxy) is 1. The van der Waals surface area contributed by atoms with Crippen molar-refractivity contribution in [1.29, 1.82) is 0 Å². The molecule has 0 amide bonds. The SMILES string of the molecule is Cc1nc2ccccc2nc1OCCCC(O)CO. The Bertz CT molecular complexity index is 545. The van der Waals surface area contributed by atoms with Crippen LogP contribution in [0.15, 0.2) is 24.3 Å². The molecule has 0 fully saturated rings.